The van der Waals surface area contributed by atoms with Crippen LogP contribution in [0.15, 0.2) is 36.5 Å². The molecule has 1 amide bonds. The smallest absolute Gasteiger partial charge is 0.405 e. The lowest BCUT2D eigenvalue weighted by molar-refractivity contribution is -0.274. The average molecular weight is 488 g/mol. The molecule has 5 rings (SSSR count). The highest BCUT2D eigenvalue weighted by atomic mass is 19.4. The van der Waals surface area contributed by atoms with Crippen LogP contribution in [0, 0.1) is 12.8 Å². The Labute approximate surface area is 201 Å². The van der Waals surface area contributed by atoms with Gasteiger partial charge in [0.25, 0.3) is 5.91 Å². The summed E-state index contributed by atoms with van der Waals surface area (Å²) in [5.41, 5.74) is 2.29. The van der Waals surface area contributed by atoms with Gasteiger partial charge in [-0.1, -0.05) is 19.1 Å². The molecule has 2 atom stereocenters. The number of alkyl halides is 3. The second kappa shape index (κ2) is 9.05. The molecule has 0 saturated carbocycles. The van der Waals surface area contributed by atoms with E-state index in [0.29, 0.717) is 30.2 Å². The molecule has 0 radical (unpaired) electrons. The van der Waals surface area contributed by atoms with E-state index in [0.717, 1.165) is 49.8 Å². The summed E-state index contributed by atoms with van der Waals surface area (Å²) in [6.45, 7) is 6.62. The quantitative estimate of drug-likeness (QED) is 0.509. The number of rotatable bonds is 4. The van der Waals surface area contributed by atoms with Gasteiger partial charge in [-0.3, -0.25) is 4.79 Å². The Bertz CT molecular complexity index is 1240. The van der Waals surface area contributed by atoms with Crippen molar-refractivity contribution in [2.45, 2.75) is 51.9 Å². The molecule has 2 aromatic heterocycles. The third kappa shape index (κ3) is 4.78. The lowest BCUT2D eigenvalue weighted by Crippen LogP contribution is -2.39. The highest BCUT2D eigenvalue weighted by Crippen LogP contribution is 2.35. The van der Waals surface area contributed by atoms with Gasteiger partial charge in [0, 0.05) is 37.5 Å². The van der Waals surface area contributed by atoms with Crippen LogP contribution in [0.3, 0.4) is 0 Å². The molecular formula is C25H28F3N5O2. The van der Waals surface area contributed by atoms with Crippen molar-refractivity contribution in [2.24, 2.45) is 5.92 Å². The maximum Gasteiger partial charge on any atom is 0.573 e. The minimum absolute atomic E-state index is 0.111. The highest BCUT2D eigenvalue weighted by molar-refractivity contribution is 5.97. The monoisotopic (exact) mass is 487 g/mol. The highest BCUT2D eigenvalue weighted by Gasteiger charge is 2.36. The lowest BCUT2D eigenvalue weighted by atomic mass is 9.98. The Kier molecular flexibility index (Phi) is 6.06. The summed E-state index contributed by atoms with van der Waals surface area (Å²) in [6, 6.07) is 7.02. The molecule has 4 heterocycles. The summed E-state index contributed by atoms with van der Waals surface area (Å²) >= 11 is 0. The Morgan fingerprint density at radius 1 is 1.14 bits per heavy atom. The molecule has 2 fully saturated rings. The van der Waals surface area contributed by atoms with Gasteiger partial charge < -0.3 is 14.5 Å². The Morgan fingerprint density at radius 3 is 2.69 bits per heavy atom. The molecule has 2 aliphatic heterocycles. The van der Waals surface area contributed by atoms with E-state index >= 15 is 0 Å². The van der Waals surface area contributed by atoms with Crippen molar-refractivity contribution in [1.29, 1.82) is 0 Å². The van der Waals surface area contributed by atoms with Crippen molar-refractivity contribution in [1.82, 2.24) is 19.5 Å². The minimum atomic E-state index is -4.88. The molecular weight excluding hydrogens is 459 g/mol. The number of hydrogen-bond acceptors (Lipinski definition) is 5. The molecule has 2 saturated heterocycles. The number of amides is 1. The number of hydrogen-bond donors (Lipinski definition) is 0. The minimum Gasteiger partial charge on any atom is -0.405 e. The number of likely N-dealkylation sites (tertiary alicyclic amines) is 1. The molecule has 3 aromatic rings. The van der Waals surface area contributed by atoms with Crippen LogP contribution >= 0.6 is 0 Å². The number of carbonyl (C=O) groups is 1. The second-order valence-electron chi connectivity index (χ2n) is 9.51. The van der Waals surface area contributed by atoms with Gasteiger partial charge in [-0.15, -0.1) is 13.2 Å². The van der Waals surface area contributed by atoms with Gasteiger partial charge in [0.15, 0.2) is 5.65 Å². The summed E-state index contributed by atoms with van der Waals surface area (Å²) in [5, 5.41) is 4.72. The van der Waals surface area contributed by atoms with Crippen LogP contribution in [0.5, 0.6) is 5.75 Å². The topological polar surface area (TPSA) is 63.0 Å². The normalized spacial score (nSPS) is 21.1. The first-order chi connectivity index (χ1) is 16.7. The van der Waals surface area contributed by atoms with Crippen molar-refractivity contribution in [3.8, 4) is 5.75 Å². The first kappa shape index (κ1) is 23.4. The van der Waals surface area contributed by atoms with Crippen LogP contribution in [0.1, 0.15) is 60.3 Å². The number of carbonyl (C=O) groups excluding carboxylic acids is 1. The molecule has 10 heteroatoms. The maximum absolute atomic E-state index is 13.4. The number of halogens is 3. The number of aryl methyl sites for hydroxylation is 1. The fourth-order valence-corrected chi connectivity index (χ4v) is 5.12. The standard InChI is InChI=1S/C25H28F3N5O2/c1-16-10-12-31(14-16)23-17(2)15-33-22(29-23)13-19(30-33)20-8-5-6-11-32(20)24(34)18-7-3-4-9-21(18)35-25(26,27)28/h3-4,7,9,13,15-16,20H,5-6,8,10-12,14H2,1-2H3/t16-,20-/m0/s1. The van der Waals surface area contributed by atoms with E-state index < -0.39 is 18.0 Å². The SMILES string of the molecule is Cc1cn2nc([C@@H]3CCCCN3C(=O)c3ccccc3OC(F)(F)F)cc2nc1N1CC[C@H](C)C1. The molecule has 35 heavy (non-hydrogen) atoms. The van der Waals surface area contributed by atoms with E-state index in [-0.39, 0.29) is 11.6 Å². The molecule has 186 valence electrons. The first-order valence-corrected chi connectivity index (χ1v) is 12.0. The van der Waals surface area contributed by atoms with Crippen molar-refractivity contribution in [2.75, 3.05) is 24.5 Å². The Hall–Kier alpha value is -3.30. The fourth-order valence-electron chi connectivity index (χ4n) is 5.12. The molecule has 0 spiro atoms. The van der Waals surface area contributed by atoms with Gasteiger partial charge in [-0.25, -0.2) is 9.50 Å². The zero-order chi connectivity index (χ0) is 24.7. The van der Waals surface area contributed by atoms with E-state index in [2.05, 4.69) is 16.6 Å². The zero-order valence-electron chi connectivity index (χ0n) is 19.8. The number of benzene rings is 1. The molecule has 0 aliphatic carbocycles. The van der Waals surface area contributed by atoms with Crippen LogP contribution in [0.25, 0.3) is 5.65 Å². The van der Waals surface area contributed by atoms with Crippen molar-refractivity contribution < 1.29 is 22.7 Å². The van der Waals surface area contributed by atoms with Gasteiger partial charge in [-0.2, -0.15) is 5.10 Å². The predicted octanol–water partition coefficient (Wildman–Crippen LogP) is 5.15. The first-order valence-electron chi connectivity index (χ1n) is 12.0. The number of aromatic nitrogens is 3. The maximum atomic E-state index is 13.4. The summed E-state index contributed by atoms with van der Waals surface area (Å²) in [7, 11) is 0. The number of ether oxygens (including phenoxy) is 1. The number of piperidine rings is 1. The summed E-state index contributed by atoms with van der Waals surface area (Å²) in [5.74, 6) is 0.579. The van der Waals surface area contributed by atoms with Crippen LogP contribution in [-0.2, 0) is 0 Å². The molecule has 7 nitrogen and oxygen atoms in total. The van der Waals surface area contributed by atoms with Crippen molar-refractivity contribution in [3.05, 3.63) is 53.3 Å². The number of para-hydroxylation sites is 1. The van der Waals surface area contributed by atoms with Crippen LogP contribution < -0.4 is 9.64 Å². The van der Waals surface area contributed by atoms with E-state index in [4.69, 9.17) is 10.1 Å². The summed E-state index contributed by atoms with van der Waals surface area (Å²) < 4.78 is 44.6. The van der Waals surface area contributed by atoms with E-state index in [1.807, 2.05) is 19.2 Å². The number of anilines is 1. The molecule has 1 aromatic carbocycles. The second-order valence-corrected chi connectivity index (χ2v) is 9.51. The van der Waals surface area contributed by atoms with E-state index in [9.17, 15) is 18.0 Å². The van der Waals surface area contributed by atoms with Crippen molar-refractivity contribution >= 4 is 17.4 Å². The molecule has 2 aliphatic rings. The zero-order valence-corrected chi connectivity index (χ0v) is 19.8. The van der Waals surface area contributed by atoms with E-state index in [1.54, 1.807) is 9.42 Å². The molecule has 0 bridgehead atoms. The van der Waals surface area contributed by atoms with Crippen LogP contribution in [-0.4, -0.2) is 51.4 Å². The number of nitrogens with zero attached hydrogens (tertiary/aromatic N) is 5. The van der Waals surface area contributed by atoms with Crippen LogP contribution in [0.4, 0.5) is 19.0 Å². The third-order valence-electron chi connectivity index (χ3n) is 6.80. The van der Waals surface area contributed by atoms with Gasteiger partial charge in [0.2, 0.25) is 0 Å². The average Bonchev–Trinajstić information content (AvgIpc) is 3.43. The van der Waals surface area contributed by atoms with Gasteiger partial charge in [0.1, 0.15) is 11.6 Å². The summed E-state index contributed by atoms with van der Waals surface area (Å²) in [4.78, 5) is 22.2. The van der Waals surface area contributed by atoms with E-state index in [1.165, 1.54) is 18.2 Å². The largest absolute Gasteiger partial charge is 0.573 e. The third-order valence-corrected chi connectivity index (χ3v) is 6.80. The fraction of sp³-hybridized carbons (Fsp3) is 0.480. The molecule has 0 N–H and O–H groups in total. The van der Waals surface area contributed by atoms with Gasteiger partial charge >= 0.3 is 6.36 Å². The molecule has 0 unspecified atom stereocenters. The predicted molar refractivity (Wildman–Crippen MR) is 124 cm³/mol. The number of fused-ring (bicyclic) bond motifs is 1. The summed E-state index contributed by atoms with van der Waals surface area (Å²) in [6.07, 6.45) is 0.543. The lowest BCUT2D eigenvalue weighted by Gasteiger charge is -2.35. The van der Waals surface area contributed by atoms with Crippen molar-refractivity contribution in [3.63, 3.8) is 0 Å². The Morgan fingerprint density at radius 2 is 1.94 bits per heavy atom. The van der Waals surface area contributed by atoms with Gasteiger partial charge in [0.05, 0.1) is 17.3 Å². The Balaban J connectivity index is 1.46. The van der Waals surface area contributed by atoms with Crippen LogP contribution in [0.2, 0.25) is 0 Å². The van der Waals surface area contributed by atoms with Gasteiger partial charge in [-0.05, 0) is 50.7 Å².